The predicted molar refractivity (Wildman–Crippen MR) is 78.6 cm³/mol. The minimum Gasteiger partial charge on any atom is -0.496 e. The molecule has 0 N–H and O–H groups in total. The Bertz CT molecular complexity index is 493. The largest absolute Gasteiger partial charge is 0.496 e. The van der Waals surface area contributed by atoms with Crippen molar-refractivity contribution in [2.45, 2.75) is 31.6 Å². The maximum atomic E-state index is 12.1. The lowest BCUT2D eigenvalue weighted by molar-refractivity contribution is -0.116. The molecule has 0 radical (unpaired) electrons. The molecule has 0 amide bonds. The zero-order valence-corrected chi connectivity index (χ0v) is 12.1. The van der Waals surface area contributed by atoms with Crippen molar-refractivity contribution >= 4 is 23.5 Å². The van der Waals surface area contributed by atoms with Crippen LogP contribution in [0.3, 0.4) is 0 Å². The standard InChI is InChI=1S/C16H19ClO2/c1-3-11-8-13(16(18)14(17)9-11)10-12-6-4-5-7-15(12)19-2/h4-7,10-11,14H,3,8-9H2,1-2H3. The molecule has 0 heterocycles. The van der Waals surface area contributed by atoms with Crippen LogP contribution in [0.5, 0.6) is 5.75 Å². The number of rotatable bonds is 3. The summed E-state index contributed by atoms with van der Waals surface area (Å²) in [6.07, 6.45) is 4.59. The fourth-order valence-corrected chi connectivity index (χ4v) is 2.90. The van der Waals surface area contributed by atoms with Crippen molar-refractivity contribution in [1.29, 1.82) is 0 Å². The molecule has 2 rings (SSSR count). The average molecular weight is 279 g/mol. The van der Waals surface area contributed by atoms with E-state index in [1.807, 2.05) is 30.3 Å². The van der Waals surface area contributed by atoms with E-state index in [9.17, 15) is 4.79 Å². The predicted octanol–water partition coefficient (Wildman–Crippen LogP) is 4.08. The third kappa shape index (κ3) is 3.19. The molecule has 0 saturated heterocycles. The second kappa shape index (κ2) is 6.25. The van der Waals surface area contributed by atoms with Crippen LogP contribution in [0, 0.1) is 5.92 Å². The lowest BCUT2D eigenvalue weighted by Crippen LogP contribution is -2.27. The number of Topliss-reactive ketones (excluding diaryl/α,β-unsaturated/α-hetero) is 1. The zero-order valence-electron chi connectivity index (χ0n) is 11.4. The van der Waals surface area contributed by atoms with Crippen LogP contribution in [0.25, 0.3) is 6.08 Å². The van der Waals surface area contributed by atoms with Gasteiger partial charge in [0, 0.05) is 5.56 Å². The van der Waals surface area contributed by atoms with E-state index in [2.05, 4.69) is 6.92 Å². The Morgan fingerprint density at radius 1 is 1.42 bits per heavy atom. The second-order valence-corrected chi connectivity index (χ2v) is 5.48. The highest BCUT2D eigenvalue weighted by molar-refractivity contribution is 6.34. The summed E-state index contributed by atoms with van der Waals surface area (Å²) in [6.45, 7) is 2.14. The van der Waals surface area contributed by atoms with Gasteiger partial charge in [0.1, 0.15) is 5.75 Å². The third-order valence-corrected chi connectivity index (χ3v) is 4.07. The molecule has 2 atom stereocenters. The van der Waals surface area contributed by atoms with Crippen molar-refractivity contribution in [1.82, 2.24) is 0 Å². The van der Waals surface area contributed by atoms with Gasteiger partial charge in [-0.2, -0.15) is 0 Å². The molecule has 1 aliphatic rings. The summed E-state index contributed by atoms with van der Waals surface area (Å²) < 4.78 is 5.31. The number of ether oxygens (including phenoxy) is 1. The number of para-hydroxylation sites is 1. The van der Waals surface area contributed by atoms with E-state index in [0.717, 1.165) is 36.1 Å². The smallest absolute Gasteiger partial charge is 0.176 e. The van der Waals surface area contributed by atoms with Crippen LogP contribution >= 0.6 is 11.6 Å². The van der Waals surface area contributed by atoms with E-state index >= 15 is 0 Å². The number of carbonyl (C=O) groups is 1. The van der Waals surface area contributed by atoms with Gasteiger partial charge in [-0.15, -0.1) is 11.6 Å². The Balaban J connectivity index is 2.32. The fraction of sp³-hybridized carbons (Fsp3) is 0.438. The maximum absolute atomic E-state index is 12.1. The first-order chi connectivity index (χ1) is 9.15. The Hall–Kier alpha value is -1.28. The van der Waals surface area contributed by atoms with Crippen molar-refractivity contribution in [2.24, 2.45) is 5.92 Å². The van der Waals surface area contributed by atoms with Crippen molar-refractivity contribution in [3.8, 4) is 5.75 Å². The van der Waals surface area contributed by atoms with Gasteiger partial charge in [-0.1, -0.05) is 31.5 Å². The highest BCUT2D eigenvalue weighted by Gasteiger charge is 2.30. The molecule has 0 aliphatic heterocycles. The lowest BCUT2D eigenvalue weighted by atomic mass is 9.82. The topological polar surface area (TPSA) is 26.3 Å². The quantitative estimate of drug-likeness (QED) is 0.615. The normalized spacial score (nSPS) is 25.6. The molecule has 1 aromatic carbocycles. The third-order valence-electron chi connectivity index (χ3n) is 3.70. The maximum Gasteiger partial charge on any atom is 0.176 e. The number of carbonyl (C=O) groups excluding carboxylic acids is 1. The summed E-state index contributed by atoms with van der Waals surface area (Å²) in [5, 5.41) is -0.375. The molecular weight excluding hydrogens is 260 g/mol. The van der Waals surface area contributed by atoms with E-state index in [1.165, 1.54) is 0 Å². The van der Waals surface area contributed by atoms with E-state index in [1.54, 1.807) is 7.11 Å². The summed E-state index contributed by atoms with van der Waals surface area (Å²) in [6, 6.07) is 7.72. The summed E-state index contributed by atoms with van der Waals surface area (Å²) >= 11 is 6.15. The van der Waals surface area contributed by atoms with Crippen LogP contribution in [0.1, 0.15) is 31.7 Å². The lowest BCUT2D eigenvalue weighted by Gasteiger charge is -2.25. The first kappa shape index (κ1) is 14.1. The van der Waals surface area contributed by atoms with Crippen molar-refractivity contribution < 1.29 is 9.53 Å². The molecule has 1 saturated carbocycles. The minimum atomic E-state index is -0.375. The highest BCUT2D eigenvalue weighted by Crippen LogP contribution is 2.33. The average Bonchev–Trinajstić information content (AvgIpc) is 2.44. The molecular formula is C16H19ClO2. The fourth-order valence-electron chi connectivity index (χ4n) is 2.51. The Morgan fingerprint density at radius 3 is 2.84 bits per heavy atom. The molecule has 19 heavy (non-hydrogen) atoms. The first-order valence-electron chi connectivity index (χ1n) is 6.67. The van der Waals surface area contributed by atoms with E-state index in [-0.39, 0.29) is 11.2 Å². The molecule has 102 valence electrons. The number of benzene rings is 1. The molecule has 1 aliphatic carbocycles. The minimum absolute atomic E-state index is 0.0669. The Morgan fingerprint density at radius 2 is 2.16 bits per heavy atom. The first-order valence-corrected chi connectivity index (χ1v) is 7.11. The number of alkyl halides is 1. The van der Waals surface area contributed by atoms with Gasteiger partial charge in [0.15, 0.2) is 5.78 Å². The molecule has 1 aromatic rings. The number of methoxy groups -OCH3 is 1. The van der Waals surface area contributed by atoms with E-state index < -0.39 is 0 Å². The van der Waals surface area contributed by atoms with Crippen LogP contribution in [0.15, 0.2) is 29.8 Å². The van der Waals surface area contributed by atoms with Gasteiger partial charge in [0.05, 0.1) is 12.5 Å². The van der Waals surface area contributed by atoms with Gasteiger partial charge in [0.2, 0.25) is 0 Å². The van der Waals surface area contributed by atoms with Gasteiger partial charge < -0.3 is 4.74 Å². The molecule has 3 heteroatoms. The van der Waals surface area contributed by atoms with Crippen LogP contribution in [0.2, 0.25) is 0 Å². The van der Waals surface area contributed by atoms with E-state index in [4.69, 9.17) is 16.3 Å². The number of hydrogen-bond acceptors (Lipinski definition) is 2. The summed E-state index contributed by atoms with van der Waals surface area (Å²) in [5.41, 5.74) is 1.76. The van der Waals surface area contributed by atoms with Gasteiger partial charge in [-0.25, -0.2) is 0 Å². The molecule has 1 fully saturated rings. The van der Waals surface area contributed by atoms with Gasteiger partial charge >= 0.3 is 0 Å². The molecule has 0 bridgehead atoms. The van der Waals surface area contributed by atoms with E-state index in [0.29, 0.717) is 5.92 Å². The Labute approximate surface area is 119 Å². The highest BCUT2D eigenvalue weighted by atomic mass is 35.5. The molecule has 0 aromatic heterocycles. The number of ketones is 1. The SMILES string of the molecule is CCC1CC(=Cc2ccccc2OC)C(=O)C(Cl)C1. The van der Waals surface area contributed by atoms with Gasteiger partial charge in [-0.05, 0) is 36.5 Å². The summed E-state index contributed by atoms with van der Waals surface area (Å²) in [4.78, 5) is 12.1. The number of halogens is 1. The second-order valence-electron chi connectivity index (χ2n) is 4.96. The molecule has 2 unspecified atom stereocenters. The van der Waals surface area contributed by atoms with Crippen molar-refractivity contribution in [3.63, 3.8) is 0 Å². The summed E-state index contributed by atoms with van der Waals surface area (Å²) in [7, 11) is 1.64. The van der Waals surface area contributed by atoms with Crippen LogP contribution < -0.4 is 4.74 Å². The number of hydrogen-bond donors (Lipinski definition) is 0. The van der Waals surface area contributed by atoms with Crippen molar-refractivity contribution in [2.75, 3.05) is 7.11 Å². The molecule has 0 spiro atoms. The van der Waals surface area contributed by atoms with Crippen LogP contribution in [-0.4, -0.2) is 18.3 Å². The van der Waals surface area contributed by atoms with Gasteiger partial charge in [0.25, 0.3) is 0 Å². The molecule has 2 nitrogen and oxygen atoms in total. The van der Waals surface area contributed by atoms with Crippen LogP contribution in [0.4, 0.5) is 0 Å². The van der Waals surface area contributed by atoms with Crippen LogP contribution in [-0.2, 0) is 4.79 Å². The van der Waals surface area contributed by atoms with Crippen molar-refractivity contribution in [3.05, 3.63) is 35.4 Å². The van der Waals surface area contributed by atoms with Gasteiger partial charge in [-0.3, -0.25) is 4.79 Å². The number of allylic oxidation sites excluding steroid dienone is 1. The Kier molecular flexibility index (Phi) is 4.65. The zero-order chi connectivity index (χ0) is 13.8. The summed E-state index contributed by atoms with van der Waals surface area (Å²) in [5.74, 6) is 1.35. The monoisotopic (exact) mass is 278 g/mol.